The molecule has 0 saturated carbocycles. The molecular weight excluding hydrogens is 569 g/mol. The van der Waals surface area contributed by atoms with E-state index in [4.69, 9.17) is 0 Å². The van der Waals surface area contributed by atoms with Gasteiger partial charge in [-0.15, -0.1) is 0 Å². The third kappa shape index (κ3) is 10.4. The number of hydrogen-bond donors (Lipinski definition) is 0. The van der Waals surface area contributed by atoms with Crippen LogP contribution in [0.4, 0.5) is 0 Å². The number of benzene rings is 6. The zero-order chi connectivity index (χ0) is 33.6. The molecule has 0 heterocycles. The van der Waals surface area contributed by atoms with Crippen LogP contribution in [0.3, 0.4) is 0 Å². The van der Waals surface area contributed by atoms with Crippen molar-refractivity contribution in [3.05, 3.63) is 155 Å². The summed E-state index contributed by atoms with van der Waals surface area (Å²) in [7, 11) is -3.37. The Labute approximate surface area is 272 Å². The normalized spacial score (nSPS) is 10.2. The van der Waals surface area contributed by atoms with Gasteiger partial charge in [0.15, 0.2) is 0 Å². The topological polar surface area (TPSA) is 34.1 Å². The third-order valence-corrected chi connectivity index (χ3v) is 8.96. The lowest BCUT2D eigenvalue weighted by molar-refractivity contribution is 0.596. The highest BCUT2D eigenvalue weighted by atomic mass is 32.2. The molecule has 6 rings (SSSR count). The first-order valence-corrected chi connectivity index (χ1v) is 17.3. The molecule has 45 heavy (non-hydrogen) atoms. The van der Waals surface area contributed by atoms with Gasteiger partial charge in [-0.2, -0.15) is 0 Å². The van der Waals surface area contributed by atoms with Gasteiger partial charge in [0.25, 0.3) is 0 Å². The molecule has 0 aromatic heterocycles. The van der Waals surface area contributed by atoms with Gasteiger partial charge in [0.05, 0.1) is 9.79 Å². The van der Waals surface area contributed by atoms with E-state index in [1.54, 1.807) is 48.5 Å². The molecule has 2 nitrogen and oxygen atoms in total. The molecule has 0 aliphatic rings. The van der Waals surface area contributed by atoms with E-state index in [2.05, 4.69) is 100 Å². The van der Waals surface area contributed by atoms with Crippen LogP contribution >= 0.6 is 0 Å². The van der Waals surface area contributed by atoms with Crippen LogP contribution in [0.1, 0.15) is 61.1 Å². The molecule has 6 aromatic carbocycles. The molecule has 0 spiro atoms. The average molecular weight is 619 g/mol. The number of rotatable bonds is 2. The van der Waals surface area contributed by atoms with Gasteiger partial charge in [-0.3, -0.25) is 0 Å². The lowest BCUT2D eigenvalue weighted by atomic mass is 10.0. The second kappa shape index (κ2) is 17.9. The van der Waals surface area contributed by atoms with Gasteiger partial charge < -0.3 is 0 Å². The summed E-state index contributed by atoms with van der Waals surface area (Å²) in [5.74, 6) is 0. The van der Waals surface area contributed by atoms with E-state index in [9.17, 15) is 8.42 Å². The third-order valence-electron chi connectivity index (χ3n) is 7.17. The summed E-state index contributed by atoms with van der Waals surface area (Å²) in [5, 5.41) is 5.41. The van der Waals surface area contributed by atoms with Crippen molar-refractivity contribution in [3.8, 4) is 0 Å². The molecule has 0 saturated heterocycles. The minimum Gasteiger partial charge on any atom is -0.219 e. The van der Waals surface area contributed by atoms with Crippen molar-refractivity contribution in [2.24, 2.45) is 0 Å². The summed E-state index contributed by atoms with van der Waals surface area (Å²) in [4.78, 5) is 0.680. The predicted molar refractivity (Wildman–Crippen MR) is 197 cm³/mol. The van der Waals surface area contributed by atoms with Crippen LogP contribution in [0.5, 0.6) is 0 Å². The molecular formula is C42H50O2S. The lowest BCUT2D eigenvalue weighted by Crippen LogP contribution is -2.01. The summed E-state index contributed by atoms with van der Waals surface area (Å²) in [6.45, 7) is 20.4. The summed E-state index contributed by atoms with van der Waals surface area (Å²) in [6.07, 6.45) is 0. The van der Waals surface area contributed by atoms with Crippen LogP contribution in [-0.2, 0) is 9.84 Å². The van der Waals surface area contributed by atoms with Gasteiger partial charge in [-0.1, -0.05) is 147 Å². The fourth-order valence-electron chi connectivity index (χ4n) is 4.68. The first kappa shape index (κ1) is 37.0. The smallest absolute Gasteiger partial charge is 0.206 e. The van der Waals surface area contributed by atoms with Crippen LogP contribution in [-0.4, -0.2) is 8.42 Å². The minimum atomic E-state index is -3.37. The Kier molecular flexibility index (Phi) is 14.7. The van der Waals surface area contributed by atoms with Crippen molar-refractivity contribution in [2.75, 3.05) is 0 Å². The predicted octanol–water partition coefficient (Wildman–Crippen LogP) is 12.1. The minimum absolute atomic E-state index is 0.340. The van der Waals surface area contributed by atoms with Crippen LogP contribution in [0.15, 0.2) is 131 Å². The Balaban J connectivity index is 0.000000227. The van der Waals surface area contributed by atoms with Crippen molar-refractivity contribution in [3.63, 3.8) is 0 Å². The van der Waals surface area contributed by atoms with Crippen molar-refractivity contribution >= 4 is 31.4 Å². The van der Waals surface area contributed by atoms with Crippen molar-refractivity contribution in [2.45, 2.75) is 79.0 Å². The van der Waals surface area contributed by atoms with Gasteiger partial charge >= 0.3 is 0 Å². The van der Waals surface area contributed by atoms with Crippen molar-refractivity contribution in [1.29, 1.82) is 0 Å². The highest BCUT2D eigenvalue weighted by Crippen LogP contribution is 2.22. The van der Waals surface area contributed by atoms with Gasteiger partial charge in [0.2, 0.25) is 9.84 Å². The van der Waals surface area contributed by atoms with Gasteiger partial charge in [0, 0.05) is 0 Å². The summed E-state index contributed by atoms with van der Waals surface area (Å²) in [6, 6.07) is 39.8. The summed E-state index contributed by atoms with van der Waals surface area (Å²) in [5.41, 5.74) is 7.46. The van der Waals surface area contributed by atoms with Crippen molar-refractivity contribution < 1.29 is 8.42 Å². The van der Waals surface area contributed by atoms with Crippen LogP contribution in [0.2, 0.25) is 0 Å². The van der Waals surface area contributed by atoms with Crippen LogP contribution < -0.4 is 0 Å². The maximum Gasteiger partial charge on any atom is 0.206 e. The molecule has 0 atom stereocenters. The van der Waals surface area contributed by atoms with Crippen LogP contribution in [0, 0.1) is 41.5 Å². The molecule has 0 bridgehead atoms. The Morgan fingerprint density at radius 2 is 0.689 bits per heavy atom. The molecule has 3 heteroatoms. The first-order valence-electron chi connectivity index (χ1n) is 15.8. The molecule has 6 aromatic rings. The maximum atomic E-state index is 12.3. The molecule has 0 fully saturated rings. The number of aryl methyl sites for hydroxylation is 6. The van der Waals surface area contributed by atoms with E-state index in [1.807, 2.05) is 41.5 Å². The number of hydrogen-bond acceptors (Lipinski definition) is 2. The number of fused-ring (bicyclic) bond motifs is 2. The van der Waals surface area contributed by atoms with E-state index in [0.717, 1.165) is 11.1 Å². The van der Waals surface area contributed by atoms with E-state index >= 15 is 0 Å². The molecule has 0 radical (unpaired) electrons. The maximum absolute atomic E-state index is 12.3. The molecule has 0 aliphatic carbocycles. The van der Waals surface area contributed by atoms with Crippen LogP contribution in [0.25, 0.3) is 21.5 Å². The first-order chi connectivity index (χ1) is 21.5. The standard InChI is InChI=1S/C14H14O2S.2C12H12.2C2H6/c1-11-3-7-13(8-4-11)17(15,16)14-9-5-12(2)6-10-14;1-9-3-5-12-8-10(2)4-6-11(12)7-9;1-9-5-3-8-12-10(2)6-4-7-11(9)12;2*1-2/h3-10H,1-2H3;2*3-8H,1-2H3;2*1-2H3. The van der Waals surface area contributed by atoms with E-state index in [0.29, 0.717) is 9.79 Å². The van der Waals surface area contributed by atoms with Gasteiger partial charge in [0.1, 0.15) is 0 Å². The monoisotopic (exact) mass is 618 g/mol. The molecule has 0 N–H and O–H groups in total. The Morgan fingerprint density at radius 3 is 1.02 bits per heavy atom. The zero-order valence-electron chi connectivity index (χ0n) is 28.8. The molecule has 0 aliphatic heterocycles. The Morgan fingerprint density at radius 1 is 0.378 bits per heavy atom. The van der Waals surface area contributed by atoms with Gasteiger partial charge in [-0.05, 0) is 98.5 Å². The average Bonchev–Trinajstić information content (AvgIpc) is 3.05. The Bertz CT molecular complexity index is 1750. The molecule has 236 valence electrons. The van der Waals surface area contributed by atoms with Gasteiger partial charge in [-0.25, -0.2) is 8.42 Å². The van der Waals surface area contributed by atoms with E-state index < -0.39 is 9.84 Å². The SMILES string of the molecule is CC.CC.Cc1ccc(S(=O)(=O)c2ccc(C)cc2)cc1.Cc1ccc2cc(C)ccc2c1.Cc1cccc2c(C)cccc12. The Hall–Kier alpha value is -4.21. The quantitative estimate of drug-likeness (QED) is 0.193. The summed E-state index contributed by atoms with van der Waals surface area (Å²) < 4.78 is 24.5. The van der Waals surface area contributed by atoms with E-state index in [1.165, 1.54) is 43.8 Å². The lowest BCUT2D eigenvalue weighted by Gasteiger charge is -2.05. The van der Waals surface area contributed by atoms with E-state index in [-0.39, 0.29) is 0 Å². The second-order valence-corrected chi connectivity index (χ2v) is 12.7. The molecule has 0 unspecified atom stereocenters. The highest BCUT2D eigenvalue weighted by Gasteiger charge is 2.16. The largest absolute Gasteiger partial charge is 0.219 e. The van der Waals surface area contributed by atoms with Crippen molar-refractivity contribution in [1.82, 2.24) is 0 Å². The molecule has 0 amide bonds. The fraction of sp³-hybridized carbons (Fsp3) is 0.238. The number of sulfone groups is 1. The summed E-state index contributed by atoms with van der Waals surface area (Å²) >= 11 is 0. The fourth-order valence-corrected chi connectivity index (χ4v) is 5.94. The highest BCUT2D eigenvalue weighted by molar-refractivity contribution is 7.91. The zero-order valence-corrected chi connectivity index (χ0v) is 29.6. The second-order valence-electron chi connectivity index (χ2n) is 10.7.